The number of anilines is 2. The monoisotopic (exact) mass is 487 g/mol. The van der Waals surface area contributed by atoms with Crippen molar-refractivity contribution >= 4 is 33.2 Å². The molecule has 1 aliphatic heterocycles. The van der Waals surface area contributed by atoms with Gasteiger partial charge in [-0.2, -0.15) is 0 Å². The minimum absolute atomic E-state index is 0.0203. The third-order valence-electron chi connectivity index (χ3n) is 5.75. The van der Waals surface area contributed by atoms with E-state index in [1.807, 2.05) is 13.8 Å². The summed E-state index contributed by atoms with van der Waals surface area (Å²) in [6.45, 7) is 8.77. The van der Waals surface area contributed by atoms with Crippen LogP contribution in [0.2, 0.25) is 0 Å². The average Bonchev–Trinajstić information content (AvgIpc) is 2.86. The quantitative estimate of drug-likeness (QED) is 0.637. The predicted molar refractivity (Wildman–Crippen MR) is 133 cm³/mol. The van der Waals surface area contributed by atoms with Gasteiger partial charge in [0.15, 0.2) is 0 Å². The van der Waals surface area contributed by atoms with Crippen LogP contribution >= 0.6 is 0 Å². The molecule has 0 saturated carbocycles. The van der Waals surface area contributed by atoms with Crippen LogP contribution in [-0.4, -0.2) is 51.8 Å². The summed E-state index contributed by atoms with van der Waals surface area (Å²) in [5, 5.41) is 2.84. The molecule has 0 atom stereocenters. The van der Waals surface area contributed by atoms with Crippen molar-refractivity contribution in [3.8, 4) is 5.75 Å². The van der Waals surface area contributed by atoms with Gasteiger partial charge in [0, 0.05) is 31.9 Å². The Morgan fingerprint density at radius 3 is 2.38 bits per heavy atom. The molecule has 9 heteroatoms. The van der Waals surface area contributed by atoms with Gasteiger partial charge in [-0.15, -0.1) is 0 Å². The zero-order valence-electron chi connectivity index (χ0n) is 20.6. The zero-order chi connectivity index (χ0) is 25.3. The highest BCUT2D eigenvalue weighted by Crippen LogP contribution is 2.38. The first kappa shape index (κ1) is 25.7. The number of fused-ring (bicyclic) bond motifs is 1. The number of amides is 2. The molecule has 0 bridgehead atoms. The van der Waals surface area contributed by atoms with Crippen molar-refractivity contribution in [3.05, 3.63) is 48.0 Å². The van der Waals surface area contributed by atoms with Gasteiger partial charge in [0.25, 0.3) is 5.91 Å². The minimum Gasteiger partial charge on any atom is -0.490 e. The van der Waals surface area contributed by atoms with Crippen LogP contribution in [-0.2, 0) is 14.8 Å². The summed E-state index contributed by atoms with van der Waals surface area (Å²) < 4.78 is 31.6. The molecule has 2 aromatic rings. The van der Waals surface area contributed by atoms with Crippen molar-refractivity contribution in [3.63, 3.8) is 0 Å². The first-order valence-electron chi connectivity index (χ1n) is 11.3. The molecule has 0 aromatic heterocycles. The Hall–Kier alpha value is -2.91. The van der Waals surface area contributed by atoms with Gasteiger partial charge in [-0.05, 0) is 68.7 Å². The Morgan fingerprint density at radius 1 is 1.15 bits per heavy atom. The number of carbonyl (C=O) groups excluding carboxylic acids is 2. The van der Waals surface area contributed by atoms with Crippen LogP contribution in [0.3, 0.4) is 0 Å². The van der Waals surface area contributed by atoms with Crippen molar-refractivity contribution in [2.75, 3.05) is 37.5 Å². The molecule has 8 nitrogen and oxygen atoms in total. The molecule has 1 N–H and O–H groups in total. The zero-order valence-corrected chi connectivity index (χ0v) is 21.4. The summed E-state index contributed by atoms with van der Waals surface area (Å²) in [4.78, 5) is 27.9. The molecule has 0 saturated heterocycles. The van der Waals surface area contributed by atoms with E-state index in [1.54, 1.807) is 23.1 Å². The normalized spacial score (nSPS) is 15.6. The number of ether oxygens (including phenoxy) is 1. The molecule has 0 spiro atoms. The second kappa shape index (κ2) is 9.76. The molecule has 2 amide bonds. The van der Waals surface area contributed by atoms with Gasteiger partial charge >= 0.3 is 0 Å². The summed E-state index contributed by atoms with van der Waals surface area (Å²) in [5.41, 5.74) is 0.784. The van der Waals surface area contributed by atoms with Gasteiger partial charge in [0.1, 0.15) is 12.4 Å². The van der Waals surface area contributed by atoms with Crippen LogP contribution in [0.4, 0.5) is 11.4 Å². The molecule has 34 heavy (non-hydrogen) atoms. The summed E-state index contributed by atoms with van der Waals surface area (Å²) in [5.74, 6) is 0.612. The first-order valence-corrected chi connectivity index (χ1v) is 12.7. The van der Waals surface area contributed by atoms with E-state index in [4.69, 9.17) is 4.74 Å². The van der Waals surface area contributed by atoms with E-state index >= 15 is 0 Å². The second-order valence-corrected chi connectivity index (χ2v) is 11.9. The lowest BCUT2D eigenvalue weighted by Crippen LogP contribution is -2.42. The topological polar surface area (TPSA) is 96.0 Å². The molecule has 0 unspecified atom stereocenters. The average molecular weight is 488 g/mol. The Bertz CT molecular complexity index is 1170. The minimum atomic E-state index is -3.57. The number of nitrogens with one attached hydrogen (secondary N) is 1. The Labute approximate surface area is 201 Å². The SMILES string of the molecule is CC(C)CCN1C(=O)C(C)(C)COc2ccc(NC(=O)c3ccc(S(=O)(=O)N(C)C)cc3)cc21. The number of hydrogen-bond donors (Lipinski definition) is 1. The molecule has 184 valence electrons. The van der Waals surface area contributed by atoms with Crippen LogP contribution in [0.25, 0.3) is 0 Å². The standard InChI is InChI=1S/C25H33N3O5S/c1-17(2)13-14-28-21-15-19(9-12-22(21)33-16-25(3,4)24(28)30)26-23(29)18-7-10-20(11-8-18)34(31,32)27(5)6/h7-12,15,17H,13-14,16H2,1-6H3,(H,26,29). The van der Waals surface area contributed by atoms with Gasteiger partial charge in [-0.3, -0.25) is 9.59 Å². The first-order chi connectivity index (χ1) is 15.8. The smallest absolute Gasteiger partial charge is 0.255 e. The van der Waals surface area contributed by atoms with Gasteiger partial charge < -0.3 is 15.0 Å². The molecule has 1 heterocycles. The third-order valence-corrected chi connectivity index (χ3v) is 7.57. The maximum atomic E-state index is 13.3. The molecular formula is C25H33N3O5S. The fraction of sp³-hybridized carbons (Fsp3) is 0.440. The van der Waals surface area contributed by atoms with Crippen LogP contribution in [0, 0.1) is 11.3 Å². The van der Waals surface area contributed by atoms with E-state index in [2.05, 4.69) is 19.2 Å². The van der Waals surface area contributed by atoms with E-state index in [1.165, 1.54) is 38.4 Å². The lowest BCUT2D eigenvalue weighted by atomic mass is 9.92. The molecule has 1 aliphatic rings. The van der Waals surface area contributed by atoms with Crippen molar-refractivity contribution in [2.24, 2.45) is 11.3 Å². The summed E-state index contributed by atoms with van der Waals surface area (Å²) in [7, 11) is -0.669. The van der Waals surface area contributed by atoms with E-state index in [0.29, 0.717) is 35.2 Å². The van der Waals surface area contributed by atoms with Gasteiger partial charge in [0.2, 0.25) is 15.9 Å². The van der Waals surface area contributed by atoms with Gasteiger partial charge in [-0.25, -0.2) is 12.7 Å². The summed E-state index contributed by atoms with van der Waals surface area (Å²) in [6.07, 6.45) is 0.833. The maximum Gasteiger partial charge on any atom is 0.255 e. The highest BCUT2D eigenvalue weighted by molar-refractivity contribution is 7.89. The van der Waals surface area contributed by atoms with Gasteiger partial charge in [0.05, 0.1) is 16.0 Å². The molecule has 0 fully saturated rings. The highest BCUT2D eigenvalue weighted by atomic mass is 32.2. The van der Waals surface area contributed by atoms with E-state index in [-0.39, 0.29) is 23.3 Å². The molecule has 0 radical (unpaired) electrons. The Morgan fingerprint density at radius 2 is 1.79 bits per heavy atom. The molecular weight excluding hydrogens is 454 g/mol. The Kier molecular flexibility index (Phi) is 7.38. The number of nitrogens with zero attached hydrogens (tertiary/aromatic N) is 2. The van der Waals surface area contributed by atoms with Crippen LogP contribution in [0.1, 0.15) is 44.5 Å². The van der Waals surface area contributed by atoms with E-state index in [9.17, 15) is 18.0 Å². The number of benzene rings is 2. The van der Waals surface area contributed by atoms with Crippen molar-refractivity contribution in [1.82, 2.24) is 4.31 Å². The van der Waals surface area contributed by atoms with Crippen LogP contribution in [0.15, 0.2) is 47.4 Å². The molecule has 3 rings (SSSR count). The molecule has 2 aromatic carbocycles. The maximum absolute atomic E-state index is 13.3. The van der Waals surface area contributed by atoms with Crippen molar-refractivity contribution < 1.29 is 22.7 Å². The van der Waals surface area contributed by atoms with Crippen LogP contribution in [0.5, 0.6) is 5.75 Å². The number of hydrogen-bond acceptors (Lipinski definition) is 5. The number of carbonyl (C=O) groups is 2. The van der Waals surface area contributed by atoms with Gasteiger partial charge in [-0.1, -0.05) is 13.8 Å². The fourth-order valence-corrected chi connectivity index (χ4v) is 4.43. The largest absolute Gasteiger partial charge is 0.490 e. The van der Waals surface area contributed by atoms with E-state index in [0.717, 1.165) is 10.7 Å². The lowest BCUT2D eigenvalue weighted by molar-refractivity contribution is -0.127. The third kappa shape index (κ3) is 5.42. The number of sulfonamides is 1. The van der Waals surface area contributed by atoms with Crippen LogP contribution < -0.4 is 15.0 Å². The van der Waals surface area contributed by atoms with Crippen molar-refractivity contribution in [2.45, 2.75) is 39.0 Å². The lowest BCUT2D eigenvalue weighted by Gasteiger charge is -2.28. The highest BCUT2D eigenvalue weighted by Gasteiger charge is 2.37. The fourth-order valence-electron chi connectivity index (χ4n) is 3.52. The number of rotatable bonds is 7. The summed E-state index contributed by atoms with van der Waals surface area (Å²) >= 11 is 0. The molecule has 0 aliphatic carbocycles. The Balaban J connectivity index is 1.86. The summed E-state index contributed by atoms with van der Waals surface area (Å²) in [6, 6.07) is 11.0. The predicted octanol–water partition coefficient (Wildman–Crippen LogP) is 3.99. The van der Waals surface area contributed by atoms with Crippen molar-refractivity contribution in [1.29, 1.82) is 0 Å². The second-order valence-electron chi connectivity index (χ2n) is 9.76. The van der Waals surface area contributed by atoms with E-state index < -0.39 is 15.4 Å².